The van der Waals surface area contributed by atoms with Gasteiger partial charge in [-0.05, 0) is 25.0 Å². The summed E-state index contributed by atoms with van der Waals surface area (Å²) in [5.74, 6) is 1.88. The molecule has 0 saturated carbocycles. The molecule has 0 amide bonds. The summed E-state index contributed by atoms with van der Waals surface area (Å²) >= 11 is 0. The molecule has 0 aromatic heterocycles. The van der Waals surface area contributed by atoms with Crippen LogP contribution in [0.5, 0.6) is 11.5 Å². The Morgan fingerprint density at radius 1 is 0.536 bits per heavy atom. The van der Waals surface area contributed by atoms with Crippen LogP contribution in [0.2, 0.25) is 0 Å². The molecule has 0 spiro atoms. The Hall–Kier alpha value is -2.48. The first kappa shape index (κ1) is 21.8. The lowest BCUT2D eigenvalue weighted by Gasteiger charge is -2.09. The molecule has 0 N–H and O–H groups in total. The first-order chi connectivity index (χ1) is 13.8. The molecule has 0 aliphatic heterocycles. The molecule has 0 fully saturated rings. The summed E-state index contributed by atoms with van der Waals surface area (Å²) in [5.41, 5.74) is 2.14. The van der Waals surface area contributed by atoms with E-state index < -0.39 is 0 Å². The van der Waals surface area contributed by atoms with E-state index >= 15 is 0 Å². The van der Waals surface area contributed by atoms with Gasteiger partial charge in [0.2, 0.25) is 0 Å². The monoisotopic (exact) mass is 378 g/mol. The molecule has 2 nitrogen and oxygen atoms in total. The Balaban J connectivity index is 1.42. The maximum atomic E-state index is 5.86. The Morgan fingerprint density at radius 3 is 1.29 bits per heavy atom. The van der Waals surface area contributed by atoms with Crippen LogP contribution in [0.3, 0.4) is 0 Å². The third-order valence-corrected chi connectivity index (χ3v) is 4.83. The molecular formula is C26H34O2. The average molecular weight is 379 g/mol. The molecule has 0 radical (unpaired) electrons. The van der Waals surface area contributed by atoms with E-state index in [-0.39, 0.29) is 0 Å². The van der Waals surface area contributed by atoms with Crippen LogP contribution in [0.15, 0.2) is 61.7 Å². The smallest absolute Gasteiger partial charge is 0.126 e. The minimum absolute atomic E-state index is 0.786. The Bertz CT molecular complexity index is 644. The van der Waals surface area contributed by atoms with Gasteiger partial charge in [0.15, 0.2) is 0 Å². The highest BCUT2D eigenvalue weighted by Gasteiger charge is 2.00. The summed E-state index contributed by atoms with van der Waals surface area (Å²) in [6, 6.07) is 16.1. The molecule has 0 atom stereocenters. The van der Waals surface area contributed by atoms with Gasteiger partial charge >= 0.3 is 0 Å². The van der Waals surface area contributed by atoms with Gasteiger partial charge in [-0.1, -0.05) is 100 Å². The third-order valence-electron chi connectivity index (χ3n) is 4.83. The molecule has 2 rings (SSSR count). The van der Waals surface area contributed by atoms with Crippen LogP contribution in [0, 0.1) is 0 Å². The molecule has 28 heavy (non-hydrogen) atoms. The second-order valence-corrected chi connectivity index (χ2v) is 7.01. The number of rotatable bonds is 15. The van der Waals surface area contributed by atoms with Crippen molar-refractivity contribution in [3.8, 4) is 11.5 Å². The number of hydrogen-bond donors (Lipinski definition) is 0. The topological polar surface area (TPSA) is 18.5 Å². The van der Waals surface area contributed by atoms with E-state index in [1.807, 2.05) is 60.7 Å². The summed E-state index contributed by atoms with van der Waals surface area (Å²) in [4.78, 5) is 0. The van der Waals surface area contributed by atoms with Gasteiger partial charge in [-0.25, -0.2) is 0 Å². The number of hydrogen-bond acceptors (Lipinski definition) is 2. The highest BCUT2D eigenvalue weighted by molar-refractivity contribution is 5.55. The molecule has 2 aromatic carbocycles. The predicted octanol–water partition coefficient (Wildman–Crippen LogP) is 7.55. The summed E-state index contributed by atoms with van der Waals surface area (Å²) < 4.78 is 11.7. The minimum atomic E-state index is 0.786. The SMILES string of the molecule is C=Cc1ccccc1OCCCCCCCCCCOc1ccccc1C=C. The van der Waals surface area contributed by atoms with E-state index in [1.54, 1.807) is 0 Å². The van der Waals surface area contributed by atoms with Crippen LogP contribution in [0.1, 0.15) is 62.5 Å². The number of benzene rings is 2. The van der Waals surface area contributed by atoms with Crippen molar-refractivity contribution in [1.82, 2.24) is 0 Å². The summed E-state index contributed by atoms with van der Waals surface area (Å²) in [7, 11) is 0. The standard InChI is InChI=1S/C26H34O2/c1-3-23-17-11-13-19-25(23)27-21-15-9-7-5-6-8-10-16-22-28-26-20-14-12-18-24(26)4-2/h3-4,11-14,17-20H,1-2,5-10,15-16,21-22H2. The lowest BCUT2D eigenvalue weighted by Crippen LogP contribution is -1.99. The average Bonchev–Trinajstić information content (AvgIpc) is 2.75. The Labute approximate surface area is 170 Å². The van der Waals surface area contributed by atoms with E-state index in [0.29, 0.717) is 0 Å². The maximum absolute atomic E-state index is 5.86. The zero-order valence-corrected chi connectivity index (χ0v) is 17.1. The molecule has 0 aliphatic rings. The zero-order chi connectivity index (χ0) is 19.9. The van der Waals surface area contributed by atoms with E-state index in [9.17, 15) is 0 Å². The summed E-state index contributed by atoms with van der Waals surface area (Å²) in [6.07, 6.45) is 13.6. The van der Waals surface area contributed by atoms with Gasteiger partial charge < -0.3 is 9.47 Å². The lowest BCUT2D eigenvalue weighted by molar-refractivity contribution is 0.300. The molecule has 0 heterocycles. The van der Waals surface area contributed by atoms with Gasteiger partial charge in [-0.3, -0.25) is 0 Å². The molecule has 0 saturated heterocycles. The highest BCUT2D eigenvalue weighted by atomic mass is 16.5. The van der Waals surface area contributed by atoms with Gasteiger partial charge in [-0.2, -0.15) is 0 Å². The number of para-hydroxylation sites is 2. The van der Waals surface area contributed by atoms with Crippen LogP contribution in [-0.4, -0.2) is 13.2 Å². The van der Waals surface area contributed by atoms with Crippen molar-refractivity contribution in [3.63, 3.8) is 0 Å². The Kier molecular flexibility index (Phi) is 10.6. The summed E-state index contributed by atoms with van der Waals surface area (Å²) in [5, 5.41) is 0. The second kappa shape index (κ2) is 13.7. The van der Waals surface area contributed by atoms with Crippen molar-refractivity contribution < 1.29 is 9.47 Å². The second-order valence-electron chi connectivity index (χ2n) is 7.01. The van der Waals surface area contributed by atoms with Crippen molar-refractivity contribution >= 4 is 12.2 Å². The zero-order valence-electron chi connectivity index (χ0n) is 17.1. The van der Waals surface area contributed by atoms with Crippen LogP contribution in [0.4, 0.5) is 0 Å². The normalized spacial score (nSPS) is 10.4. The van der Waals surface area contributed by atoms with Gasteiger partial charge in [-0.15, -0.1) is 0 Å². The van der Waals surface area contributed by atoms with Crippen LogP contribution < -0.4 is 9.47 Å². The lowest BCUT2D eigenvalue weighted by atomic mass is 10.1. The van der Waals surface area contributed by atoms with Crippen LogP contribution >= 0.6 is 0 Å². The molecule has 0 bridgehead atoms. The van der Waals surface area contributed by atoms with Gasteiger partial charge in [0.25, 0.3) is 0 Å². The summed E-state index contributed by atoms with van der Waals surface area (Å²) in [6.45, 7) is 9.23. The van der Waals surface area contributed by atoms with E-state index in [1.165, 1.54) is 38.5 Å². The first-order valence-corrected chi connectivity index (χ1v) is 10.5. The predicted molar refractivity (Wildman–Crippen MR) is 121 cm³/mol. The highest BCUT2D eigenvalue weighted by Crippen LogP contribution is 2.20. The van der Waals surface area contributed by atoms with Gasteiger partial charge in [0, 0.05) is 11.1 Å². The van der Waals surface area contributed by atoms with Crippen LogP contribution in [0.25, 0.3) is 12.2 Å². The molecule has 0 unspecified atom stereocenters. The number of unbranched alkanes of at least 4 members (excludes halogenated alkanes) is 7. The van der Waals surface area contributed by atoms with E-state index in [2.05, 4.69) is 13.2 Å². The largest absolute Gasteiger partial charge is 0.493 e. The van der Waals surface area contributed by atoms with Gasteiger partial charge in [0.1, 0.15) is 11.5 Å². The quantitative estimate of drug-likeness (QED) is 0.298. The van der Waals surface area contributed by atoms with Crippen molar-refractivity contribution in [2.24, 2.45) is 0 Å². The van der Waals surface area contributed by atoms with Crippen LogP contribution in [-0.2, 0) is 0 Å². The minimum Gasteiger partial charge on any atom is -0.493 e. The van der Waals surface area contributed by atoms with Crippen molar-refractivity contribution in [2.45, 2.75) is 51.4 Å². The molecule has 0 aliphatic carbocycles. The number of ether oxygens (including phenoxy) is 2. The molecular weight excluding hydrogens is 344 g/mol. The van der Waals surface area contributed by atoms with Crippen molar-refractivity contribution in [3.05, 3.63) is 72.8 Å². The molecule has 2 aromatic rings. The Morgan fingerprint density at radius 2 is 0.893 bits per heavy atom. The van der Waals surface area contributed by atoms with Gasteiger partial charge in [0.05, 0.1) is 13.2 Å². The fourth-order valence-electron chi connectivity index (χ4n) is 3.19. The van der Waals surface area contributed by atoms with Crippen molar-refractivity contribution in [2.75, 3.05) is 13.2 Å². The third kappa shape index (κ3) is 8.04. The van der Waals surface area contributed by atoms with Crippen molar-refractivity contribution in [1.29, 1.82) is 0 Å². The first-order valence-electron chi connectivity index (χ1n) is 10.5. The maximum Gasteiger partial charge on any atom is 0.126 e. The van der Waals surface area contributed by atoms with E-state index in [0.717, 1.165) is 48.7 Å². The fraction of sp³-hybridized carbons (Fsp3) is 0.385. The fourth-order valence-corrected chi connectivity index (χ4v) is 3.19. The molecule has 150 valence electrons. The van der Waals surface area contributed by atoms with E-state index in [4.69, 9.17) is 9.47 Å². The molecule has 2 heteroatoms.